The molecule has 4 heteroatoms. The number of halogens is 1. The van der Waals surface area contributed by atoms with Crippen molar-refractivity contribution in [3.05, 3.63) is 64.2 Å². The molecule has 128 valence electrons. The highest BCUT2D eigenvalue weighted by atomic mass is 35.5. The minimum Gasteiger partial charge on any atom is -0.481 e. The number of carbonyl (C=O) groups excluding carboxylic acids is 1. The summed E-state index contributed by atoms with van der Waals surface area (Å²) in [5.41, 5.74) is 3.51. The lowest BCUT2D eigenvalue weighted by atomic mass is 10.00. The van der Waals surface area contributed by atoms with E-state index in [1.54, 1.807) is 24.3 Å². The summed E-state index contributed by atoms with van der Waals surface area (Å²) in [6.07, 6.45) is 0.0630. The molecule has 0 aliphatic heterocycles. The smallest absolute Gasteiger partial charge is 0.261 e. The maximum absolute atomic E-state index is 12.5. The molecule has 0 aliphatic rings. The fourth-order valence-corrected chi connectivity index (χ4v) is 2.82. The van der Waals surface area contributed by atoms with Crippen molar-refractivity contribution in [2.24, 2.45) is 0 Å². The lowest BCUT2D eigenvalue weighted by Gasteiger charge is -2.22. The summed E-state index contributed by atoms with van der Waals surface area (Å²) in [6, 6.07) is 13.2. The van der Waals surface area contributed by atoms with E-state index in [1.807, 2.05) is 13.8 Å². The van der Waals surface area contributed by atoms with Crippen LogP contribution in [0.3, 0.4) is 0 Å². The number of ether oxygens (including phenoxy) is 1. The standard InChI is InChI=1S/C20H24ClNO2/c1-5-19(24-17-9-7-16(21)8-10-17)20(23)22-15(4)18-11-6-13(2)12-14(18)3/h6-12,15,19H,5H2,1-4H3,(H,22,23)/t15-,19+/m0/s1. The molecule has 2 rings (SSSR count). The van der Waals surface area contributed by atoms with Gasteiger partial charge in [0.1, 0.15) is 5.75 Å². The summed E-state index contributed by atoms with van der Waals surface area (Å²) >= 11 is 5.87. The van der Waals surface area contributed by atoms with Crippen LogP contribution in [0.5, 0.6) is 5.75 Å². The fourth-order valence-electron chi connectivity index (χ4n) is 2.70. The molecule has 0 saturated carbocycles. The van der Waals surface area contributed by atoms with Crippen molar-refractivity contribution in [2.45, 2.75) is 46.3 Å². The fraction of sp³-hybridized carbons (Fsp3) is 0.350. The van der Waals surface area contributed by atoms with Crippen LogP contribution in [-0.2, 0) is 4.79 Å². The van der Waals surface area contributed by atoms with E-state index >= 15 is 0 Å². The molecule has 0 unspecified atom stereocenters. The van der Waals surface area contributed by atoms with Crippen molar-refractivity contribution in [1.29, 1.82) is 0 Å². The Balaban J connectivity index is 2.04. The molecule has 0 aliphatic carbocycles. The first kappa shape index (κ1) is 18.3. The van der Waals surface area contributed by atoms with Crippen LogP contribution in [0, 0.1) is 13.8 Å². The Morgan fingerprint density at radius 2 is 1.83 bits per heavy atom. The zero-order valence-electron chi connectivity index (χ0n) is 14.6. The molecule has 0 heterocycles. The third-order valence-electron chi connectivity index (χ3n) is 4.01. The van der Waals surface area contributed by atoms with Crippen LogP contribution in [0.15, 0.2) is 42.5 Å². The van der Waals surface area contributed by atoms with Crippen molar-refractivity contribution in [2.75, 3.05) is 0 Å². The molecule has 0 fully saturated rings. The van der Waals surface area contributed by atoms with Gasteiger partial charge >= 0.3 is 0 Å². The number of hydrogen-bond acceptors (Lipinski definition) is 2. The highest BCUT2D eigenvalue weighted by molar-refractivity contribution is 6.30. The van der Waals surface area contributed by atoms with Crippen LogP contribution in [0.2, 0.25) is 5.02 Å². The predicted molar refractivity (Wildman–Crippen MR) is 98.6 cm³/mol. The number of rotatable bonds is 6. The van der Waals surface area contributed by atoms with Crippen molar-refractivity contribution >= 4 is 17.5 Å². The first-order valence-electron chi connectivity index (χ1n) is 8.20. The van der Waals surface area contributed by atoms with Crippen molar-refractivity contribution in [3.8, 4) is 5.75 Å². The maximum atomic E-state index is 12.5. The van der Waals surface area contributed by atoms with Gasteiger partial charge in [-0.1, -0.05) is 42.3 Å². The number of aryl methyl sites for hydroxylation is 2. The molecule has 1 amide bonds. The van der Waals surface area contributed by atoms with Gasteiger partial charge in [-0.05, 0) is 62.6 Å². The predicted octanol–water partition coefficient (Wildman–Crippen LogP) is 4.99. The van der Waals surface area contributed by atoms with Gasteiger partial charge in [0.2, 0.25) is 0 Å². The number of hydrogen-bond donors (Lipinski definition) is 1. The molecule has 3 nitrogen and oxygen atoms in total. The molecule has 0 saturated heterocycles. The maximum Gasteiger partial charge on any atom is 0.261 e. The second-order valence-corrected chi connectivity index (χ2v) is 6.50. The summed E-state index contributed by atoms with van der Waals surface area (Å²) in [7, 11) is 0. The molecule has 0 spiro atoms. The number of benzene rings is 2. The molecule has 2 aromatic rings. The molecule has 2 atom stereocenters. The Bertz CT molecular complexity index is 697. The Hall–Kier alpha value is -2.00. The van der Waals surface area contributed by atoms with Crippen molar-refractivity contribution in [3.63, 3.8) is 0 Å². The van der Waals surface area contributed by atoms with E-state index in [0.29, 0.717) is 17.2 Å². The van der Waals surface area contributed by atoms with E-state index in [0.717, 1.165) is 5.56 Å². The van der Waals surface area contributed by atoms with Gasteiger partial charge in [0.05, 0.1) is 6.04 Å². The lowest BCUT2D eigenvalue weighted by Crippen LogP contribution is -2.39. The van der Waals surface area contributed by atoms with Crippen LogP contribution in [-0.4, -0.2) is 12.0 Å². The summed E-state index contributed by atoms with van der Waals surface area (Å²) < 4.78 is 5.80. The highest BCUT2D eigenvalue weighted by Gasteiger charge is 2.21. The number of amides is 1. The molecular formula is C20H24ClNO2. The van der Waals surface area contributed by atoms with Gasteiger partial charge in [0.25, 0.3) is 5.91 Å². The Morgan fingerprint density at radius 1 is 1.17 bits per heavy atom. The number of nitrogens with one attached hydrogen (secondary N) is 1. The highest BCUT2D eigenvalue weighted by Crippen LogP contribution is 2.20. The van der Waals surface area contributed by atoms with E-state index in [-0.39, 0.29) is 11.9 Å². The molecule has 1 N–H and O–H groups in total. The molecule has 0 bridgehead atoms. The third-order valence-corrected chi connectivity index (χ3v) is 4.26. The van der Waals surface area contributed by atoms with Crippen molar-refractivity contribution < 1.29 is 9.53 Å². The second kappa shape index (κ2) is 8.20. The minimum absolute atomic E-state index is 0.0685. The zero-order valence-corrected chi connectivity index (χ0v) is 15.4. The van der Waals surface area contributed by atoms with Gasteiger partial charge in [0, 0.05) is 5.02 Å². The number of carbonyl (C=O) groups is 1. The van der Waals surface area contributed by atoms with Crippen LogP contribution in [0.25, 0.3) is 0 Å². The summed E-state index contributed by atoms with van der Waals surface area (Å²) in [6.45, 7) is 8.05. The van der Waals surface area contributed by atoms with Gasteiger partial charge in [-0.15, -0.1) is 0 Å². The Morgan fingerprint density at radius 3 is 2.42 bits per heavy atom. The van der Waals surface area contributed by atoms with Gasteiger partial charge < -0.3 is 10.1 Å². The van der Waals surface area contributed by atoms with Crippen LogP contribution >= 0.6 is 11.6 Å². The molecule has 2 aromatic carbocycles. The SMILES string of the molecule is CC[C@@H](Oc1ccc(Cl)cc1)C(=O)N[C@@H](C)c1ccc(C)cc1C. The Kier molecular flexibility index (Phi) is 6.27. The monoisotopic (exact) mass is 345 g/mol. The van der Waals surface area contributed by atoms with Gasteiger partial charge in [0.15, 0.2) is 6.10 Å². The second-order valence-electron chi connectivity index (χ2n) is 6.06. The largest absolute Gasteiger partial charge is 0.481 e. The van der Waals surface area contributed by atoms with E-state index in [1.165, 1.54) is 11.1 Å². The quantitative estimate of drug-likeness (QED) is 0.800. The average Bonchev–Trinajstić information content (AvgIpc) is 2.54. The molecule has 0 radical (unpaired) electrons. The van der Waals surface area contributed by atoms with E-state index < -0.39 is 6.10 Å². The zero-order chi connectivity index (χ0) is 17.7. The lowest BCUT2D eigenvalue weighted by molar-refractivity contribution is -0.128. The minimum atomic E-state index is -0.528. The first-order valence-corrected chi connectivity index (χ1v) is 8.58. The molecule has 0 aromatic heterocycles. The van der Waals surface area contributed by atoms with Gasteiger partial charge in [-0.3, -0.25) is 4.79 Å². The van der Waals surface area contributed by atoms with Crippen molar-refractivity contribution in [1.82, 2.24) is 5.32 Å². The summed E-state index contributed by atoms with van der Waals surface area (Å²) in [5, 5.41) is 3.69. The Labute approximate surface area is 149 Å². The van der Waals surface area contributed by atoms with Crippen LogP contribution in [0.4, 0.5) is 0 Å². The van der Waals surface area contributed by atoms with Gasteiger partial charge in [-0.2, -0.15) is 0 Å². The van der Waals surface area contributed by atoms with Crippen LogP contribution < -0.4 is 10.1 Å². The summed E-state index contributed by atoms with van der Waals surface area (Å²) in [4.78, 5) is 12.5. The van der Waals surface area contributed by atoms with E-state index in [4.69, 9.17) is 16.3 Å². The molecular weight excluding hydrogens is 322 g/mol. The average molecular weight is 346 g/mol. The third kappa shape index (κ3) is 4.75. The van der Waals surface area contributed by atoms with E-state index in [2.05, 4.69) is 37.4 Å². The molecule has 24 heavy (non-hydrogen) atoms. The summed E-state index contributed by atoms with van der Waals surface area (Å²) in [5.74, 6) is 0.528. The topological polar surface area (TPSA) is 38.3 Å². The normalized spacial score (nSPS) is 13.2. The first-order chi connectivity index (χ1) is 11.4. The van der Waals surface area contributed by atoms with Gasteiger partial charge in [-0.25, -0.2) is 0 Å². The van der Waals surface area contributed by atoms with Crippen LogP contribution in [0.1, 0.15) is 43.0 Å². The van der Waals surface area contributed by atoms with E-state index in [9.17, 15) is 4.79 Å².